The van der Waals surface area contributed by atoms with Crippen LogP contribution in [0.1, 0.15) is 44.3 Å². The minimum atomic E-state index is -0.756. The summed E-state index contributed by atoms with van der Waals surface area (Å²) in [6, 6.07) is 9.32. The molecular weight excluding hydrogens is 254 g/mol. The Morgan fingerprint density at radius 2 is 2.10 bits per heavy atom. The average molecular weight is 277 g/mol. The lowest BCUT2D eigenvalue weighted by Gasteiger charge is -2.31. The number of carboxylic acids is 1. The van der Waals surface area contributed by atoms with E-state index < -0.39 is 18.1 Å². The van der Waals surface area contributed by atoms with Gasteiger partial charge in [-0.15, -0.1) is 0 Å². The second kappa shape index (κ2) is 6.86. The van der Waals surface area contributed by atoms with Gasteiger partial charge in [-0.3, -0.25) is 9.69 Å². The standard InChI is InChI=1S/C16H23NO3/c1-2-14(16(19)20)17-10-6-9-13(17)11-15(18)12-7-4-3-5-8-12/h3-5,7-8,13-15,18H,2,6,9-11H2,1H3,(H,19,20)/t13-,14-,15-/m1/s1. The van der Waals surface area contributed by atoms with Crippen molar-refractivity contribution in [2.45, 2.75) is 50.8 Å². The van der Waals surface area contributed by atoms with Gasteiger partial charge in [-0.1, -0.05) is 37.3 Å². The Morgan fingerprint density at radius 1 is 1.40 bits per heavy atom. The molecule has 1 aromatic carbocycles. The van der Waals surface area contributed by atoms with Gasteiger partial charge in [0, 0.05) is 6.04 Å². The maximum Gasteiger partial charge on any atom is 0.320 e. The number of carboxylic acid groups (broad SMARTS) is 1. The summed E-state index contributed by atoms with van der Waals surface area (Å²) in [6.07, 6.45) is 2.66. The highest BCUT2D eigenvalue weighted by molar-refractivity contribution is 5.73. The van der Waals surface area contributed by atoms with Crippen molar-refractivity contribution >= 4 is 5.97 Å². The van der Waals surface area contributed by atoms with E-state index in [2.05, 4.69) is 4.90 Å². The molecule has 0 aromatic heterocycles. The van der Waals surface area contributed by atoms with Crippen LogP contribution in [0.5, 0.6) is 0 Å². The molecule has 0 amide bonds. The van der Waals surface area contributed by atoms with Gasteiger partial charge in [-0.2, -0.15) is 0 Å². The minimum absolute atomic E-state index is 0.159. The van der Waals surface area contributed by atoms with Crippen molar-refractivity contribution in [2.75, 3.05) is 6.54 Å². The summed E-state index contributed by atoms with van der Waals surface area (Å²) in [7, 11) is 0. The SMILES string of the molecule is CC[C@H](C(=O)O)N1CCC[C@@H]1C[C@@H](O)c1ccccc1. The lowest BCUT2D eigenvalue weighted by atomic mass is 9.99. The molecule has 1 heterocycles. The second-order valence-electron chi connectivity index (χ2n) is 5.46. The molecule has 0 saturated carbocycles. The molecule has 0 radical (unpaired) electrons. The quantitative estimate of drug-likeness (QED) is 0.838. The number of aliphatic hydroxyl groups is 1. The number of hydrogen-bond donors (Lipinski definition) is 2. The molecule has 2 N–H and O–H groups in total. The summed E-state index contributed by atoms with van der Waals surface area (Å²) >= 11 is 0. The van der Waals surface area contributed by atoms with Gasteiger partial charge in [0.05, 0.1) is 6.10 Å². The minimum Gasteiger partial charge on any atom is -0.480 e. The summed E-state index contributed by atoms with van der Waals surface area (Å²) in [4.78, 5) is 13.4. The van der Waals surface area contributed by atoms with Crippen LogP contribution in [-0.2, 0) is 4.79 Å². The van der Waals surface area contributed by atoms with Gasteiger partial charge in [0.1, 0.15) is 6.04 Å². The van der Waals surface area contributed by atoms with Crippen LogP contribution in [0, 0.1) is 0 Å². The Labute approximate surface area is 120 Å². The first-order valence-corrected chi connectivity index (χ1v) is 7.35. The van der Waals surface area contributed by atoms with Gasteiger partial charge in [-0.25, -0.2) is 0 Å². The van der Waals surface area contributed by atoms with Crippen molar-refractivity contribution < 1.29 is 15.0 Å². The first-order chi connectivity index (χ1) is 9.63. The number of carbonyl (C=O) groups is 1. The molecule has 0 unspecified atom stereocenters. The van der Waals surface area contributed by atoms with E-state index in [-0.39, 0.29) is 6.04 Å². The molecule has 4 nitrogen and oxygen atoms in total. The number of aliphatic carboxylic acids is 1. The molecule has 1 aromatic rings. The Kier molecular flexibility index (Phi) is 5.15. The van der Waals surface area contributed by atoms with Gasteiger partial charge in [0.25, 0.3) is 0 Å². The zero-order valence-corrected chi connectivity index (χ0v) is 11.9. The highest BCUT2D eigenvalue weighted by Gasteiger charge is 2.34. The third-order valence-corrected chi connectivity index (χ3v) is 4.17. The number of nitrogens with zero attached hydrogens (tertiary/aromatic N) is 1. The van der Waals surface area contributed by atoms with E-state index in [1.807, 2.05) is 37.3 Å². The van der Waals surface area contributed by atoms with E-state index in [4.69, 9.17) is 0 Å². The van der Waals surface area contributed by atoms with Crippen LogP contribution in [-0.4, -0.2) is 39.7 Å². The molecular formula is C16H23NO3. The first-order valence-electron chi connectivity index (χ1n) is 7.35. The fourth-order valence-corrected chi connectivity index (χ4v) is 3.14. The topological polar surface area (TPSA) is 60.8 Å². The molecule has 0 spiro atoms. The van der Waals surface area contributed by atoms with E-state index in [0.717, 1.165) is 24.9 Å². The second-order valence-corrected chi connectivity index (χ2v) is 5.46. The summed E-state index contributed by atoms with van der Waals surface area (Å²) in [5, 5.41) is 19.6. The lowest BCUT2D eigenvalue weighted by molar-refractivity contribution is -0.144. The number of benzene rings is 1. The zero-order chi connectivity index (χ0) is 14.5. The summed E-state index contributed by atoms with van der Waals surface area (Å²) in [5.41, 5.74) is 0.905. The van der Waals surface area contributed by atoms with Crippen LogP contribution in [0.15, 0.2) is 30.3 Å². The Morgan fingerprint density at radius 3 is 2.70 bits per heavy atom. The fourth-order valence-electron chi connectivity index (χ4n) is 3.14. The van der Waals surface area contributed by atoms with Gasteiger partial charge in [0.15, 0.2) is 0 Å². The fraction of sp³-hybridized carbons (Fsp3) is 0.562. The van der Waals surface area contributed by atoms with E-state index in [1.54, 1.807) is 0 Å². The van der Waals surface area contributed by atoms with Crippen molar-refractivity contribution in [3.05, 3.63) is 35.9 Å². The Bertz CT molecular complexity index is 435. The molecule has 2 rings (SSSR count). The third-order valence-electron chi connectivity index (χ3n) is 4.17. The number of aliphatic hydroxyl groups excluding tert-OH is 1. The highest BCUT2D eigenvalue weighted by atomic mass is 16.4. The normalized spacial score (nSPS) is 22.6. The molecule has 1 fully saturated rings. The summed E-state index contributed by atoms with van der Waals surface area (Å²) < 4.78 is 0. The molecule has 1 aliphatic heterocycles. The van der Waals surface area contributed by atoms with Crippen LogP contribution in [0.2, 0.25) is 0 Å². The molecule has 110 valence electrons. The summed E-state index contributed by atoms with van der Waals surface area (Å²) in [6.45, 7) is 2.72. The maximum atomic E-state index is 11.3. The highest BCUT2D eigenvalue weighted by Crippen LogP contribution is 2.29. The molecule has 1 saturated heterocycles. The molecule has 0 bridgehead atoms. The van der Waals surface area contributed by atoms with Crippen LogP contribution in [0.25, 0.3) is 0 Å². The van der Waals surface area contributed by atoms with E-state index in [1.165, 1.54) is 0 Å². The number of rotatable bonds is 6. The molecule has 1 aliphatic rings. The Balaban J connectivity index is 2.02. The van der Waals surface area contributed by atoms with Gasteiger partial charge in [0.2, 0.25) is 0 Å². The predicted octanol–water partition coefficient (Wildman–Crippen LogP) is 2.44. The monoisotopic (exact) mass is 277 g/mol. The first kappa shape index (κ1) is 15.0. The lowest BCUT2D eigenvalue weighted by Crippen LogP contribution is -2.44. The number of hydrogen-bond acceptors (Lipinski definition) is 3. The smallest absolute Gasteiger partial charge is 0.320 e. The molecule has 3 atom stereocenters. The average Bonchev–Trinajstić information content (AvgIpc) is 2.88. The Hall–Kier alpha value is -1.39. The zero-order valence-electron chi connectivity index (χ0n) is 11.9. The predicted molar refractivity (Wildman–Crippen MR) is 77.5 cm³/mol. The van der Waals surface area contributed by atoms with Gasteiger partial charge in [-0.05, 0) is 37.8 Å². The van der Waals surface area contributed by atoms with Crippen LogP contribution < -0.4 is 0 Å². The van der Waals surface area contributed by atoms with Crippen molar-refractivity contribution in [3.63, 3.8) is 0 Å². The summed E-state index contributed by atoms with van der Waals surface area (Å²) in [5.74, 6) is -0.756. The maximum absolute atomic E-state index is 11.3. The van der Waals surface area contributed by atoms with Crippen LogP contribution in [0.4, 0.5) is 0 Å². The van der Waals surface area contributed by atoms with Gasteiger partial charge < -0.3 is 10.2 Å². The number of likely N-dealkylation sites (tertiary alicyclic amines) is 1. The van der Waals surface area contributed by atoms with Gasteiger partial charge >= 0.3 is 5.97 Å². The van der Waals surface area contributed by atoms with E-state index >= 15 is 0 Å². The van der Waals surface area contributed by atoms with Crippen molar-refractivity contribution in [2.24, 2.45) is 0 Å². The van der Waals surface area contributed by atoms with Crippen molar-refractivity contribution in [3.8, 4) is 0 Å². The third kappa shape index (κ3) is 3.38. The van der Waals surface area contributed by atoms with Crippen molar-refractivity contribution in [1.29, 1.82) is 0 Å². The van der Waals surface area contributed by atoms with Crippen LogP contribution in [0.3, 0.4) is 0 Å². The van der Waals surface area contributed by atoms with Crippen molar-refractivity contribution in [1.82, 2.24) is 4.90 Å². The van der Waals surface area contributed by atoms with E-state index in [0.29, 0.717) is 12.8 Å². The largest absolute Gasteiger partial charge is 0.480 e. The van der Waals surface area contributed by atoms with E-state index in [9.17, 15) is 15.0 Å². The molecule has 4 heteroatoms. The van der Waals surface area contributed by atoms with Crippen LogP contribution >= 0.6 is 0 Å². The molecule has 0 aliphatic carbocycles. The molecule has 20 heavy (non-hydrogen) atoms.